The highest BCUT2D eigenvalue weighted by atomic mass is 32.2. The highest BCUT2D eigenvalue weighted by molar-refractivity contribution is 8.01. The van der Waals surface area contributed by atoms with E-state index in [-0.39, 0.29) is 47.0 Å². The second-order valence-corrected chi connectivity index (χ2v) is 13.7. The summed E-state index contributed by atoms with van der Waals surface area (Å²) >= 11 is 3.34. The van der Waals surface area contributed by atoms with Gasteiger partial charge in [-0.1, -0.05) is 35.1 Å². The number of tetrazole rings is 1. The quantitative estimate of drug-likeness (QED) is 0.0888. The molecule has 4 heterocycles. The third-order valence-corrected chi connectivity index (χ3v) is 9.18. The van der Waals surface area contributed by atoms with Crippen LogP contribution in [0.2, 0.25) is 0 Å². The molecule has 5 N–H and O–H groups in total. The average molecular weight is 704 g/mol. The zero-order valence-corrected chi connectivity index (χ0v) is 27.6. The molecule has 47 heavy (non-hydrogen) atoms. The Hall–Kier alpha value is -4.76. The van der Waals surface area contributed by atoms with Gasteiger partial charge < -0.3 is 31.0 Å². The average Bonchev–Trinajstić information content (AvgIpc) is 3.66. The van der Waals surface area contributed by atoms with Crippen LogP contribution in [0.25, 0.3) is 0 Å². The number of thioether (sulfide) groups is 2. The molecule has 21 heteroatoms. The van der Waals surface area contributed by atoms with Gasteiger partial charge in [0.05, 0.1) is 6.54 Å². The highest BCUT2D eigenvalue weighted by Crippen LogP contribution is 2.41. The second-order valence-electron chi connectivity index (χ2n) is 10.8. The summed E-state index contributed by atoms with van der Waals surface area (Å²) in [5, 5.41) is 30.6. The van der Waals surface area contributed by atoms with E-state index >= 15 is 0 Å². The number of para-hydroxylation sites is 1. The van der Waals surface area contributed by atoms with Gasteiger partial charge in [-0.05, 0) is 48.9 Å². The van der Waals surface area contributed by atoms with Crippen molar-refractivity contribution >= 4 is 69.8 Å². The molecule has 0 bridgehead atoms. The summed E-state index contributed by atoms with van der Waals surface area (Å²) in [6.07, 6.45) is -0.577. The number of carbonyl (C=O) groups is 4. The minimum atomic E-state index is -1.29. The monoisotopic (exact) mass is 703 g/mol. The molecular weight excluding hydrogens is 675 g/mol. The first-order valence-electron chi connectivity index (χ1n) is 13.9. The van der Waals surface area contributed by atoms with E-state index in [4.69, 9.17) is 15.3 Å². The molecular formula is C26H29N11O7S3. The molecule has 18 nitrogen and oxygen atoms in total. The fraction of sp³-hybridized carbons (Fsp3) is 0.385. The number of amides is 3. The lowest BCUT2D eigenvalue weighted by molar-refractivity contribution is -0.150. The Morgan fingerprint density at radius 2 is 2.00 bits per heavy atom. The van der Waals surface area contributed by atoms with Gasteiger partial charge in [-0.3, -0.25) is 14.5 Å². The fourth-order valence-electron chi connectivity index (χ4n) is 4.27. The first kappa shape index (κ1) is 33.6. The van der Waals surface area contributed by atoms with Crippen LogP contribution >= 0.6 is 35.1 Å². The van der Waals surface area contributed by atoms with Crippen LogP contribution in [0.15, 0.2) is 51.9 Å². The van der Waals surface area contributed by atoms with E-state index in [1.165, 1.54) is 28.2 Å². The smallest absolute Gasteiger partial charge is 0.407 e. The van der Waals surface area contributed by atoms with Crippen molar-refractivity contribution in [3.8, 4) is 5.75 Å². The number of fused-ring (bicyclic) bond motifs is 1. The van der Waals surface area contributed by atoms with Crippen LogP contribution in [0.4, 0.5) is 9.93 Å². The van der Waals surface area contributed by atoms with Crippen LogP contribution in [-0.2, 0) is 25.7 Å². The van der Waals surface area contributed by atoms with Crippen molar-refractivity contribution in [2.24, 2.45) is 5.16 Å². The lowest BCUT2D eigenvalue weighted by atomic mass is 10.0. The number of anilines is 1. The molecule has 0 aliphatic carbocycles. The highest BCUT2D eigenvalue weighted by Gasteiger charge is 2.54. The van der Waals surface area contributed by atoms with Crippen LogP contribution < -0.4 is 21.2 Å². The number of alkyl carbamates (subject to hydrolysis) is 1. The molecule has 2 aromatic heterocycles. The number of carboxylic acids is 1. The van der Waals surface area contributed by atoms with E-state index < -0.39 is 40.9 Å². The Balaban J connectivity index is 1.23. The van der Waals surface area contributed by atoms with Gasteiger partial charge >= 0.3 is 12.1 Å². The molecule has 0 radical (unpaired) electrons. The van der Waals surface area contributed by atoms with E-state index in [9.17, 15) is 24.3 Å². The van der Waals surface area contributed by atoms with Crippen LogP contribution in [0.1, 0.15) is 26.6 Å². The third-order valence-electron chi connectivity index (χ3n) is 6.26. The predicted octanol–water partition coefficient (Wildman–Crippen LogP) is 0.946. The summed E-state index contributed by atoms with van der Waals surface area (Å²) in [6, 6.07) is 7.45. The van der Waals surface area contributed by atoms with Gasteiger partial charge in [-0.25, -0.2) is 14.3 Å². The zero-order valence-electron chi connectivity index (χ0n) is 25.1. The molecule has 1 unspecified atom stereocenters. The summed E-state index contributed by atoms with van der Waals surface area (Å²) in [7, 11) is 0. The summed E-state index contributed by atoms with van der Waals surface area (Å²) in [5.41, 5.74) is 5.06. The number of hydrogen-bond acceptors (Lipinski definition) is 16. The number of nitrogens with one attached hydrogen (secondary N) is 2. The van der Waals surface area contributed by atoms with Gasteiger partial charge in [0.2, 0.25) is 16.7 Å². The number of nitrogen functional groups attached to an aromatic ring is 1. The SMILES string of the molecule is CC(C)(C)OC(=O)NCCn1nnnc1SCC1=C(C(=O)O)N2C(=O)C(NC(=O)C(=NOc3ccccc3)c3nsc(N)n3)[C@H]2SC1. The first-order valence-corrected chi connectivity index (χ1v) is 16.7. The van der Waals surface area contributed by atoms with Crippen LogP contribution in [0.3, 0.4) is 0 Å². The summed E-state index contributed by atoms with van der Waals surface area (Å²) in [6.45, 7) is 5.70. The molecule has 0 spiro atoms. The molecule has 5 rings (SSSR count). The molecule has 3 aromatic rings. The Bertz CT molecular complexity index is 1720. The maximum atomic E-state index is 13.3. The van der Waals surface area contributed by atoms with Crippen molar-refractivity contribution in [3.63, 3.8) is 0 Å². The van der Waals surface area contributed by atoms with Gasteiger partial charge in [0.1, 0.15) is 22.7 Å². The number of oxime groups is 1. The number of nitrogens with two attached hydrogens (primary N) is 1. The number of β-lactam (4-membered cyclic amide) rings is 1. The van der Waals surface area contributed by atoms with E-state index in [2.05, 4.69) is 40.7 Å². The van der Waals surface area contributed by atoms with Gasteiger partial charge in [-0.2, -0.15) is 9.36 Å². The number of nitrogens with zero attached hydrogens (tertiary/aromatic N) is 8. The van der Waals surface area contributed by atoms with Gasteiger partial charge in [-0.15, -0.1) is 16.9 Å². The molecule has 2 aliphatic heterocycles. The molecule has 0 saturated carbocycles. The Kier molecular flexibility index (Phi) is 10.3. The number of hydrogen-bond donors (Lipinski definition) is 4. The molecule has 248 valence electrons. The standard InChI is InChI=1S/C26H29N11O7S3/c1-26(2,3)43-25(42)28-9-10-36-24(31-34-35-36)46-12-13-11-45-21-16(20(39)37(21)17(13)22(40)41)29-19(38)15(18-30-23(27)47-33-18)32-44-14-7-5-4-6-8-14/h4-8,16,21H,9-12H2,1-3H3,(H,28,42)(H,29,38)(H,40,41)(H2,27,30,33)/t16?,21-/m1/s1. The fourth-order valence-corrected chi connectivity index (χ4v) is 7.09. The number of benzene rings is 1. The summed E-state index contributed by atoms with van der Waals surface area (Å²) in [4.78, 5) is 61.4. The first-order chi connectivity index (χ1) is 22.4. The summed E-state index contributed by atoms with van der Waals surface area (Å²) < 4.78 is 10.7. The number of carboxylic acid groups (broad SMARTS) is 1. The van der Waals surface area contributed by atoms with E-state index in [0.29, 0.717) is 16.5 Å². The molecule has 2 atom stereocenters. The lowest BCUT2D eigenvalue weighted by Crippen LogP contribution is -2.71. The van der Waals surface area contributed by atoms with Gasteiger partial charge in [0.15, 0.2) is 10.9 Å². The van der Waals surface area contributed by atoms with Crippen molar-refractivity contribution in [1.82, 2.24) is 45.1 Å². The topological polar surface area (TPSA) is 242 Å². The third kappa shape index (κ3) is 8.16. The number of carbonyl (C=O) groups excluding carboxylic acids is 3. The van der Waals surface area contributed by atoms with Crippen LogP contribution in [0, 0.1) is 0 Å². The van der Waals surface area contributed by atoms with Crippen molar-refractivity contribution in [3.05, 3.63) is 47.4 Å². The van der Waals surface area contributed by atoms with E-state index in [1.54, 1.807) is 51.1 Å². The predicted molar refractivity (Wildman–Crippen MR) is 170 cm³/mol. The number of ether oxygens (including phenoxy) is 1. The zero-order chi connectivity index (χ0) is 33.7. The van der Waals surface area contributed by atoms with Crippen molar-refractivity contribution in [2.45, 2.75) is 49.5 Å². The minimum Gasteiger partial charge on any atom is -0.477 e. The van der Waals surface area contributed by atoms with E-state index in [0.717, 1.165) is 16.4 Å². The summed E-state index contributed by atoms with van der Waals surface area (Å²) in [5.74, 6) is -2.00. The van der Waals surface area contributed by atoms with E-state index in [1.807, 2.05) is 0 Å². The van der Waals surface area contributed by atoms with Gasteiger partial charge in [0.25, 0.3) is 11.8 Å². The maximum absolute atomic E-state index is 13.3. The Morgan fingerprint density at radius 3 is 2.68 bits per heavy atom. The Morgan fingerprint density at radius 1 is 1.23 bits per heavy atom. The van der Waals surface area contributed by atoms with Gasteiger partial charge in [0, 0.05) is 29.6 Å². The van der Waals surface area contributed by atoms with Crippen LogP contribution in [-0.4, -0.2) is 104 Å². The lowest BCUT2D eigenvalue weighted by Gasteiger charge is -2.49. The molecule has 1 aromatic carbocycles. The number of rotatable bonds is 12. The molecule has 3 amide bonds. The van der Waals surface area contributed by atoms with Crippen molar-refractivity contribution in [1.29, 1.82) is 0 Å². The largest absolute Gasteiger partial charge is 0.477 e. The van der Waals surface area contributed by atoms with Crippen molar-refractivity contribution in [2.75, 3.05) is 23.8 Å². The van der Waals surface area contributed by atoms with Crippen LogP contribution in [0.5, 0.6) is 5.75 Å². The van der Waals surface area contributed by atoms with Crippen molar-refractivity contribution < 1.29 is 33.9 Å². The molecule has 1 fully saturated rings. The Labute approximate surface area is 279 Å². The maximum Gasteiger partial charge on any atom is 0.407 e. The second kappa shape index (κ2) is 14.3. The minimum absolute atomic E-state index is 0.0887. The molecule has 2 aliphatic rings. The molecule has 1 saturated heterocycles. The number of aromatic nitrogens is 6. The normalized spacial score (nSPS) is 17.9. The number of aliphatic carboxylic acids is 1.